The Kier molecular flexibility index (Phi) is 25.3. The van der Waals surface area contributed by atoms with Crippen molar-refractivity contribution in [2.75, 3.05) is 0 Å². The van der Waals surface area contributed by atoms with Crippen LogP contribution in [0, 0.1) is 34.6 Å². The van der Waals surface area contributed by atoms with Crippen LogP contribution >= 0.6 is 0 Å². The lowest BCUT2D eigenvalue weighted by molar-refractivity contribution is 0.983. The van der Waals surface area contributed by atoms with Crippen molar-refractivity contribution in [3.63, 3.8) is 0 Å². The van der Waals surface area contributed by atoms with Crippen molar-refractivity contribution in [3.05, 3.63) is 400 Å². The van der Waals surface area contributed by atoms with Gasteiger partial charge in [-0.15, -0.1) is 0 Å². The molecular formula is C99H76N20. The maximum atomic E-state index is 4.75. The standard InChI is InChI=1S/C27H20N4.C21H16N4.C20H15N5.C16H13N3.C15H12N4/c1-19-29-26(24-11-7-21(8-12-24)20-5-3-2-4-6-20)31-27(30-19)25-13-9-22(10-14-25)23-15-17-28-18-16-23;1-15-23-20(18-5-3-2-4-6-18)25-21(24-15)19-9-7-16(8-10-19)17-11-13-22-14-12-17;1-14-23-19(25-20(24-14)18-8-12-22-13-9-18)17-4-2-15(3-5-17)16-6-10-21-11-7-16;1-12-17-15(13-8-4-2-5-9-13)19-16(18-12)14-10-6-3-7-11-14;1-11-17-14(12-7-3-2-4-8-12)19-15(18-11)13-9-5-6-10-16-13/h2-18H,1H3;2-14H,1H3;2-13H,1H3;2-11H,1H3;2-10H,1H3. The summed E-state index contributed by atoms with van der Waals surface area (Å²) < 4.78 is 0. The first-order valence-electron chi connectivity index (χ1n) is 38.4. The van der Waals surface area contributed by atoms with E-state index in [2.05, 4.69) is 167 Å². The molecule has 9 aromatic carbocycles. The lowest BCUT2D eigenvalue weighted by Crippen LogP contribution is -2.00. The Morgan fingerprint density at radius 3 is 0.513 bits per heavy atom. The van der Waals surface area contributed by atoms with E-state index in [-0.39, 0.29) is 0 Å². The third kappa shape index (κ3) is 21.0. The van der Waals surface area contributed by atoms with Crippen molar-refractivity contribution >= 4 is 0 Å². The van der Waals surface area contributed by atoms with Crippen LogP contribution in [0.2, 0.25) is 0 Å². The third-order valence-electron chi connectivity index (χ3n) is 18.4. The second-order valence-electron chi connectivity index (χ2n) is 26.9. The number of aromatic nitrogens is 20. The maximum Gasteiger partial charge on any atom is 0.182 e. The van der Waals surface area contributed by atoms with Crippen LogP contribution in [0.1, 0.15) is 29.1 Å². The van der Waals surface area contributed by atoms with Gasteiger partial charge >= 0.3 is 0 Å². The number of hydrogen-bond acceptors (Lipinski definition) is 20. The quantitative estimate of drug-likeness (QED) is 0.0980. The molecule has 572 valence electrons. The van der Waals surface area contributed by atoms with Crippen LogP contribution in [-0.2, 0) is 0 Å². The second-order valence-corrected chi connectivity index (χ2v) is 26.9. The smallest absolute Gasteiger partial charge is 0.182 e. The number of benzene rings is 9. The molecule has 0 amide bonds. The first kappa shape index (κ1) is 78.1. The fourth-order valence-corrected chi connectivity index (χ4v) is 12.5. The Balaban J connectivity index is 0.000000117. The Morgan fingerprint density at radius 2 is 0.286 bits per heavy atom. The number of hydrogen-bond donors (Lipinski definition) is 0. The lowest BCUT2D eigenvalue weighted by atomic mass is 10.0. The molecule has 0 aliphatic carbocycles. The first-order valence-corrected chi connectivity index (χ1v) is 38.4. The summed E-state index contributed by atoms with van der Waals surface area (Å²) in [5.41, 5.74) is 18.7. The van der Waals surface area contributed by atoms with E-state index in [1.165, 1.54) is 11.1 Å². The monoisotopic (exact) mass is 1540 g/mol. The molecular weight excluding hydrogens is 1470 g/mol. The minimum Gasteiger partial charge on any atom is -0.265 e. The molecule has 0 aliphatic heterocycles. The van der Waals surface area contributed by atoms with Crippen molar-refractivity contribution in [1.82, 2.24) is 99.7 Å². The SMILES string of the molecule is Cc1nc(-c2ccc(-c3ccccc3)cc2)nc(-c2ccc(-c3ccncc3)cc2)n1.Cc1nc(-c2ccccc2)nc(-c2ccc(-c3ccncc3)cc2)n1.Cc1nc(-c2ccccc2)nc(-c2ccccc2)n1.Cc1nc(-c2ccccc2)nc(-c2ccccn2)n1.Cc1nc(-c2ccncc2)nc(-c2ccc(-c3ccncc3)cc2)n1. The Hall–Kier alpha value is -16.2. The molecule has 0 spiro atoms. The molecule has 0 unspecified atom stereocenters. The predicted molar refractivity (Wildman–Crippen MR) is 468 cm³/mol. The molecule has 19 aromatic rings. The van der Waals surface area contributed by atoms with Crippen LogP contribution in [0.3, 0.4) is 0 Å². The van der Waals surface area contributed by atoms with E-state index in [1.807, 2.05) is 277 Å². The summed E-state index contributed by atoms with van der Waals surface area (Å²) in [5, 5.41) is 0. The molecule has 0 fully saturated rings. The van der Waals surface area contributed by atoms with E-state index in [0.717, 1.165) is 95.0 Å². The topological polar surface area (TPSA) is 258 Å². The average molecular weight is 1550 g/mol. The third-order valence-corrected chi connectivity index (χ3v) is 18.4. The van der Waals surface area contributed by atoms with E-state index >= 15 is 0 Å². The highest BCUT2D eigenvalue weighted by molar-refractivity contribution is 5.73. The van der Waals surface area contributed by atoms with Gasteiger partial charge in [0.2, 0.25) is 0 Å². The van der Waals surface area contributed by atoms with E-state index in [9.17, 15) is 0 Å². The summed E-state index contributed by atoms with van der Waals surface area (Å²) in [6.45, 7) is 9.42. The van der Waals surface area contributed by atoms with Crippen molar-refractivity contribution in [3.8, 4) is 159 Å². The molecule has 10 heterocycles. The van der Waals surface area contributed by atoms with Gasteiger partial charge in [-0.2, -0.15) is 0 Å². The van der Waals surface area contributed by atoms with Gasteiger partial charge in [0.05, 0.1) is 0 Å². The molecule has 20 heteroatoms. The van der Waals surface area contributed by atoms with Gasteiger partial charge in [-0.1, -0.05) is 255 Å². The van der Waals surface area contributed by atoms with E-state index in [1.54, 1.807) is 55.8 Å². The van der Waals surface area contributed by atoms with Crippen LogP contribution in [0.15, 0.2) is 371 Å². The number of nitrogens with zero attached hydrogens (tertiary/aromatic N) is 20. The van der Waals surface area contributed by atoms with Crippen LogP contribution in [0.5, 0.6) is 0 Å². The van der Waals surface area contributed by atoms with Crippen molar-refractivity contribution < 1.29 is 0 Å². The summed E-state index contributed by atoms with van der Waals surface area (Å²) in [6.07, 6.45) is 16.0. The molecule has 10 aromatic heterocycles. The minimum atomic E-state index is 0.604. The van der Waals surface area contributed by atoms with Gasteiger partial charge in [-0.25, -0.2) is 74.8 Å². The molecule has 0 radical (unpaired) electrons. The van der Waals surface area contributed by atoms with Crippen molar-refractivity contribution in [2.45, 2.75) is 34.6 Å². The van der Waals surface area contributed by atoms with Gasteiger partial charge in [0, 0.05) is 106 Å². The zero-order valence-electron chi connectivity index (χ0n) is 65.7. The van der Waals surface area contributed by atoms with Gasteiger partial charge in [0.25, 0.3) is 0 Å². The minimum absolute atomic E-state index is 0.604. The normalized spacial score (nSPS) is 10.6. The summed E-state index contributed by atoms with van der Waals surface area (Å²) in [4.78, 5) is 88.1. The van der Waals surface area contributed by atoms with Crippen LogP contribution in [-0.4, -0.2) is 99.7 Å². The Bertz CT molecular complexity index is 5940. The zero-order chi connectivity index (χ0) is 81.3. The predicted octanol–water partition coefficient (Wildman–Crippen LogP) is 21.2. The summed E-state index contributed by atoms with van der Waals surface area (Å²) in [5.74, 6) is 10.3. The molecule has 0 bridgehead atoms. The molecule has 0 saturated heterocycles. The molecule has 119 heavy (non-hydrogen) atoms. The van der Waals surface area contributed by atoms with E-state index in [4.69, 9.17) is 4.98 Å². The molecule has 0 N–H and O–H groups in total. The first-order chi connectivity index (χ1) is 58.5. The molecule has 0 aliphatic rings. The lowest BCUT2D eigenvalue weighted by Gasteiger charge is -2.08. The fraction of sp³-hybridized carbons (Fsp3) is 0.0505. The van der Waals surface area contributed by atoms with Crippen molar-refractivity contribution in [2.24, 2.45) is 0 Å². The zero-order valence-corrected chi connectivity index (χ0v) is 65.7. The number of rotatable bonds is 14. The maximum absolute atomic E-state index is 4.75. The molecule has 19 rings (SSSR count). The van der Waals surface area contributed by atoms with Crippen LogP contribution in [0.4, 0.5) is 0 Å². The fourth-order valence-electron chi connectivity index (χ4n) is 12.5. The Morgan fingerprint density at radius 1 is 0.126 bits per heavy atom. The van der Waals surface area contributed by atoms with Gasteiger partial charge in [0.1, 0.15) is 34.8 Å². The summed E-state index contributed by atoms with van der Waals surface area (Å²) in [6, 6.07) is 105. The largest absolute Gasteiger partial charge is 0.265 e. The summed E-state index contributed by atoms with van der Waals surface area (Å²) >= 11 is 0. The van der Waals surface area contributed by atoms with Gasteiger partial charge in [-0.05, 0) is 140 Å². The van der Waals surface area contributed by atoms with Crippen LogP contribution in [0.25, 0.3) is 159 Å². The molecule has 0 atom stereocenters. The summed E-state index contributed by atoms with van der Waals surface area (Å²) in [7, 11) is 0. The molecule has 20 nitrogen and oxygen atoms in total. The number of pyridine rings is 5. The van der Waals surface area contributed by atoms with Crippen LogP contribution < -0.4 is 0 Å². The molecule has 0 saturated carbocycles. The van der Waals surface area contributed by atoms with Gasteiger partial charge in [0.15, 0.2) is 58.2 Å². The second kappa shape index (κ2) is 38.5. The van der Waals surface area contributed by atoms with E-state index in [0.29, 0.717) is 81.5 Å². The highest BCUT2D eigenvalue weighted by atomic mass is 15.1. The highest BCUT2D eigenvalue weighted by Gasteiger charge is 2.16. The van der Waals surface area contributed by atoms with Gasteiger partial charge in [-0.3, -0.25) is 24.9 Å². The van der Waals surface area contributed by atoms with Gasteiger partial charge < -0.3 is 0 Å². The highest BCUT2D eigenvalue weighted by Crippen LogP contribution is 2.31. The number of aryl methyl sites for hydroxylation is 5. The van der Waals surface area contributed by atoms with E-state index < -0.39 is 0 Å². The Labute approximate surface area is 689 Å². The van der Waals surface area contributed by atoms with Crippen molar-refractivity contribution in [1.29, 1.82) is 0 Å². The average Bonchev–Trinajstić information content (AvgIpc) is 0.817.